The van der Waals surface area contributed by atoms with Crippen LogP contribution in [0.1, 0.15) is 0 Å². The first-order chi connectivity index (χ1) is 31.8. The Hall–Kier alpha value is -8.18. The quantitative estimate of drug-likeness (QED) is 0.124. The monoisotopic (exact) mass is 854 g/mol. The molecular formula is C54H34N8SSi. The van der Waals surface area contributed by atoms with Crippen molar-refractivity contribution < 1.29 is 0 Å². The van der Waals surface area contributed by atoms with E-state index in [0.29, 0.717) is 0 Å². The van der Waals surface area contributed by atoms with Gasteiger partial charge < -0.3 is 0 Å². The van der Waals surface area contributed by atoms with Gasteiger partial charge in [-0.3, -0.25) is 17.9 Å². The van der Waals surface area contributed by atoms with Gasteiger partial charge in [-0.2, -0.15) is 0 Å². The Bertz CT molecular complexity index is 3950. The predicted molar refractivity (Wildman–Crippen MR) is 265 cm³/mol. The Morgan fingerprint density at radius 3 is 1.39 bits per heavy atom. The molecule has 0 saturated heterocycles. The molecular weight excluding hydrogens is 821 g/mol. The molecule has 0 spiro atoms. The van der Waals surface area contributed by atoms with E-state index in [1.165, 1.54) is 35.7 Å². The smallest absolute Gasteiger partial charge is 0.227 e. The standard InChI is InChI=1S/C54H34N8SSi/c1-3-18-35(19-4-1)64(36-20-5-2-6-21-36,48-33-17-23-38-37-22-7-16-32-47(37)63-51(38)48)52-57-49(61-45-30-14-12-28-43(45)59-41-26-10-8-24-39(41)55-53(59)61)34-50(58-52)62-46-31-15-13-29-44(46)60-42-27-11-9-25-40(42)56-54(60)62/h1-34H. The van der Waals surface area contributed by atoms with Crippen LogP contribution in [0.3, 0.4) is 0 Å². The van der Waals surface area contributed by atoms with Gasteiger partial charge in [0, 0.05) is 26.2 Å². The van der Waals surface area contributed by atoms with Crippen LogP contribution < -0.4 is 21.0 Å². The minimum absolute atomic E-state index is 0.723. The molecule has 0 radical (unpaired) electrons. The zero-order chi connectivity index (χ0) is 41.9. The second kappa shape index (κ2) is 13.4. The summed E-state index contributed by atoms with van der Waals surface area (Å²) in [6, 6.07) is 73.5. The van der Waals surface area contributed by atoms with Gasteiger partial charge in [0.1, 0.15) is 17.1 Å². The van der Waals surface area contributed by atoms with Crippen molar-refractivity contribution in [2.75, 3.05) is 0 Å². The van der Waals surface area contributed by atoms with Crippen molar-refractivity contribution in [3.8, 4) is 11.6 Å². The van der Waals surface area contributed by atoms with Crippen molar-refractivity contribution in [2.45, 2.75) is 0 Å². The Morgan fingerprint density at radius 1 is 0.375 bits per heavy atom. The Balaban J connectivity index is 1.20. The van der Waals surface area contributed by atoms with Gasteiger partial charge in [0.25, 0.3) is 0 Å². The van der Waals surface area contributed by atoms with E-state index in [1.807, 2.05) is 23.5 Å². The molecule has 8 aromatic carbocycles. The maximum atomic E-state index is 5.95. The summed E-state index contributed by atoms with van der Waals surface area (Å²) in [5.74, 6) is 3.01. The Morgan fingerprint density at radius 2 is 0.828 bits per heavy atom. The van der Waals surface area contributed by atoms with E-state index < -0.39 is 8.07 Å². The zero-order valence-electron chi connectivity index (χ0n) is 34.1. The Kier molecular flexibility index (Phi) is 7.42. The van der Waals surface area contributed by atoms with Crippen LogP contribution in [0.2, 0.25) is 0 Å². The first-order valence-electron chi connectivity index (χ1n) is 21.4. The highest BCUT2D eigenvalue weighted by Crippen LogP contribution is 2.35. The lowest BCUT2D eigenvalue weighted by atomic mass is 10.1. The molecule has 10 heteroatoms. The van der Waals surface area contributed by atoms with Gasteiger partial charge in [-0.25, -0.2) is 19.9 Å². The maximum Gasteiger partial charge on any atom is 0.227 e. The van der Waals surface area contributed by atoms with Gasteiger partial charge in [-0.15, -0.1) is 11.3 Å². The fourth-order valence-corrected chi connectivity index (χ4v) is 16.5. The first-order valence-corrected chi connectivity index (χ1v) is 24.2. The normalized spacial score (nSPS) is 12.4. The lowest BCUT2D eigenvalue weighted by Crippen LogP contribution is -2.76. The van der Waals surface area contributed by atoms with Gasteiger partial charge in [-0.1, -0.05) is 146 Å². The highest BCUT2D eigenvalue weighted by Gasteiger charge is 2.47. The SMILES string of the molecule is c1ccc([Si](c2ccccc2)(c2nc(-n3c4ccccc4n4c5ccccc5nc34)cc(-n3c4ccccc4n4c5ccccc5nc34)n2)c2cccc3c2sc2ccccc23)cc1. The number of rotatable bonds is 6. The fraction of sp³-hybridized carbons (Fsp3) is 0. The van der Waals surface area contributed by atoms with E-state index in [2.05, 4.69) is 212 Å². The highest BCUT2D eigenvalue weighted by molar-refractivity contribution is 7.30. The third kappa shape index (κ3) is 4.80. The topological polar surface area (TPSA) is 70.2 Å². The molecule has 8 nitrogen and oxygen atoms in total. The maximum absolute atomic E-state index is 5.95. The van der Waals surface area contributed by atoms with Gasteiger partial charge in [0.2, 0.25) is 19.6 Å². The van der Waals surface area contributed by atoms with E-state index in [1.54, 1.807) is 0 Å². The van der Waals surface area contributed by atoms with Crippen molar-refractivity contribution >= 4 is 116 Å². The molecule has 0 aliphatic heterocycles. The largest absolute Gasteiger partial charge is 0.276 e. The molecule has 0 aliphatic carbocycles. The molecule has 6 aromatic heterocycles. The lowest BCUT2D eigenvalue weighted by molar-refractivity contribution is 0.982. The average Bonchev–Trinajstić information content (AvgIpc) is 4.16. The molecule has 6 heterocycles. The van der Waals surface area contributed by atoms with Crippen LogP contribution in [0.15, 0.2) is 206 Å². The Labute approximate surface area is 370 Å². The second-order valence-electron chi connectivity index (χ2n) is 16.3. The van der Waals surface area contributed by atoms with Crippen LogP contribution in [0, 0.1) is 0 Å². The second-order valence-corrected chi connectivity index (χ2v) is 21.0. The molecule has 0 N–H and O–H groups in total. The summed E-state index contributed by atoms with van der Waals surface area (Å²) in [6.45, 7) is 0. The summed E-state index contributed by atoms with van der Waals surface area (Å²) >= 11 is 1.86. The third-order valence-corrected chi connectivity index (χ3v) is 18.8. The summed E-state index contributed by atoms with van der Waals surface area (Å²) in [4.78, 5) is 22.6. The van der Waals surface area contributed by atoms with Crippen LogP contribution in [0.4, 0.5) is 0 Å². The highest BCUT2D eigenvalue weighted by atomic mass is 32.1. The molecule has 0 saturated carbocycles. The molecule has 300 valence electrons. The number of hydrogen-bond donors (Lipinski definition) is 0. The van der Waals surface area contributed by atoms with Crippen molar-refractivity contribution in [2.24, 2.45) is 0 Å². The number of thiophene rings is 1. The van der Waals surface area contributed by atoms with Crippen molar-refractivity contribution in [1.29, 1.82) is 0 Å². The van der Waals surface area contributed by atoms with Gasteiger partial charge >= 0.3 is 0 Å². The summed E-state index contributed by atoms with van der Waals surface area (Å²) in [7, 11) is -3.44. The number of imidazole rings is 4. The molecule has 64 heavy (non-hydrogen) atoms. The summed E-state index contributed by atoms with van der Waals surface area (Å²) in [5.41, 5.74) is 8.77. The van der Waals surface area contributed by atoms with Gasteiger partial charge in [0.15, 0.2) is 0 Å². The average molecular weight is 855 g/mol. The minimum Gasteiger partial charge on any atom is -0.276 e. The molecule has 14 rings (SSSR count). The van der Waals surface area contributed by atoms with Crippen molar-refractivity contribution in [3.05, 3.63) is 206 Å². The van der Waals surface area contributed by atoms with Crippen LogP contribution >= 0.6 is 11.3 Å². The number of fused-ring (bicyclic) bond motifs is 13. The third-order valence-electron chi connectivity index (χ3n) is 12.9. The summed E-state index contributed by atoms with van der Waals surface area (Å²) in [6.07, 6.45) is 0. The predicted octanol–water partition coefficient (Wildman–Crippen LogP) is 9.71. The molecule has 0 bridgehead atoms. The molecule has 0 aliphatic rings. The lowest BCUT2D eigenvalue weighted by Gasteiger charge is -2.33. The minimum atomic E-state index is -3.44. The first kappa shape index (κ1) is 35.4. The number of nitrogens with zero attached hydrogens (tertiary/aromatic N) is 8. The van der Waals surface area contributed by atoms with Crippen LogP contribution in [0.5, 0.6) is 0 Å². The zero-order valence-corrected chi connectivity index (χ0v) is 35.9. The summed E-state index contributed by atoms with van der Waals surface area (Å²) < 4.78 is 11.5. The molecule has 0 atom stereocenters. The molecule has 0 unspecified atom stereocenters. The van der Waals surface area contributed by atoms with Gasteiger partial charge in [0.05, 0.1) is 44.1 Å². The van der Waals surface area contributed by atoms with E-state index in [4.69, 9.17) is 19.9 Å². The van der Waals surface area contributed by atoms with Gasteiger partial charge in [-0.05, 0) is 70.2 Å². The van der Waals surface area contributed by atoms with Crippen LogP contribution in [-0.4, -0.2) is 45.9 Å². The van der Waals surface area contributed by atoms with Crippen LogP contribution in [0.25, 0.3) is 87.5 Å². The van der Waals surface area contributed by atoms with E-state index >= 15 is 0 Å². The number of hydrogen-bond acceptors (Lipinski definition) is 5. The van der Waals surface area contributed by atoms with E-state index in [9.17, 15) is 0 Å². The number of aromatic nitrogens is 8. The van der Waals surface area contributed by atoms with Crippen molar-refractivity contribution in [1.82, 2.24) is 37.9 Å². The fourth-order valence-electron chi connectivity index (χ4n) is 10.2. The number of para-hydroxylation sites is 8. The number of benzene rings is 8. The summed E-state index contributed by atoms with van der Waals surface area (Å²) in [5, 5.41) is 6.12. The van der Waals surface area contributed by atoms with E-state index in [0.717, 1.165) is 72.8 Å². The van der Waals surface area contributed by atoms with E-state index in [-0.39, 0.29) is 0 Å². The van der Waals surface area contributed by atoms with Crippen LogP contribution in [-0.2, 0) is 0 Å². The molecule has 14 aromatic rings. The van der Waals surface area contributed by atoms with Crippen molar-refractivity contribution in [3.63, 3.8) is 0 Å². The molecule has 0 amide bonds. The molecule has 0 fully saturated rings.